The third-order valence-electron chi connectivity index (χ3n) is 2.74. The first-order chi connectivity index (χ1) is 9.19. The van der Waals surface area contributed by atoms with E-state index in [1.54, 1.807) is 0 Å². The van der Waals surface area contributed by atoms with Gasteiger partial charge in [-0.3, -0.25) is 4.79 Å². The van der Waals surface area contributed by atoms with E-state index in [0.717, 1.165) is 17.5 Å². The van der Waals surface area contributed by atoms with Crippen molar-refractivity contribution >= 4 is 39.7 Å². The lowest BCUT2D eigenvalue weighted by Gasteiger charge is -2.10. The van der Waals surface area contributed by atoms with Crippen LogP contribution in [0.1, 0.15) is 19.8 Å². The molecule has 0 unspecified atom stereocenters. The predicted octanol–water partition coefficient (Wildman–Crippen LogP) is 3.45. The smallest absolute Gasteiger partial charge is 0.226 e. The van der Waals surface area contributed by atoms with Crippen LogP contribution >= 0.6 is 12.2 Å². The Bertz CT molecular complexity index is 610. The summed E-state index contributed by atoms with van der Waals surface area (Å²) in [5.41, 5.74) is 0.875. The Labute approximate surface area is 118 Å². The molecule has 1 amide bonds. The molecule has 0 aliphatic rings. The topological polar surface area (TPSA) is 41.1 Å². The highest BCUT2D eigenvalue weighted by atomic mass is 32.1. The maximum absolute atomic E-state index is 11.4. The number of hydrogen-bond acceptors (Lipinski definition) is 2. The fourth-order valence-corrected chi connectivity index (χ4v) is 2.08. The minimum absolute atomic E-state index is 0.0548. The molecule has 98 valence electrons. The van der Waals surface area contributed by atoms with Gasteiger partial charge in [-0.15, -0.1) is 0 Å². The van der Waals surface area contributed by atoms with Gasteiger partial charge >= 0.3 is 0 Å². The Morgan fingerprint density at radius 1 is 1.16 bits per heavy atom. The predicted molar refractivity (Wildman–Crippen MR) is 83.2 cm³/mol. The van der Waals surface area contributed by atoms with Gasteiger partial charge in [0.25, 0.3) is 0 Å². The van der Waals surface area contributed by atoms with Crippen molar-refractivity contribution in [2.45, 2.75) is 19.8 Å². The lowest BCUT2D eigenvalue weighted by molar-refractivity contribution is -0.119. The molecule has 0 heterocycles. The second kappa shape index (κ2) is 6.29. The maximum atomic E-state index is 11.4. The fraction of sp³-hybridized carbons (Fsp3) is 0.200. The molecule has 0 radical (unpaired) electrons. The van der Waals surface area contributed by atoms with Crippen LogP contribution in [0.2, 0.25) is 0 Å². The van der Waals surface area contributed by atoms with Gasteiger partial charge in [-0.25, -0.2) is 0 Å². The molecule has 0 aliphatic carbocycles. The van der Waals surface area contributed by atoms with E-state index in [9.17, 15) is 4.79 Å². The number of thiocarbonyl (C=S) groups is 1. The van der Waals surface area contributed by atoms with Gasteiger partial charge in [-0.05, 0) is 41.5 Å². The van der Waals surface area contributed by atoms with Gasteiger partial charge in [0.1, 0.15) is 0 Å². The average Bonchev–Trinajstić information content (AvgIpc) is 2.38. The Morgan fingerprint density at radius 2 is 1.89 bits per heavy atom. The van der Waals surface area contributed by atoms with E-state index in [0.29, 0.717) is 11.5 Å². The fourth-order valence-electron chi connectivity index (χ4n) is 1.85. The van der Waals surface area contributed by atoms with Gasteiger partial charge < -0.3 is 10.6 Å². The highest BCUT2D eigenvalue weighted by Crippen LogP contribution is 2.18. The molecule has 0 bridgehead atoms. The Kier molecular flexibility index (Phi) is 4.47. The first-order valence-corrected chi connectivity index (χ1v) is 6.69. The van der Waals surface area contributed by atoms with Crippen LogP contribution in [0.15, 0.2) is 42.5 Å². The number of rotatable bonds is 3. The quantitative estimate of drug-likeness (QED) is 0.841. The largest absolute Gasteiger partial charge is 0.332 e. The number of benzene rings is 2. The van der Waals surface area contributed by atoms with Crippen LogP contribution in [0.25, 0.3) is 10.8 Å². The van der Waals surface area contributed by atoms with E-state index >= 15 is 0 Å². The molecule has 0 fully saturated rings. The van der Waals surface area contributed by atoms with Gasteiger partial charge in [-0.2, -0.15) is 0 Å². The monoisotopic (exact) mass is 272 g/mol. The summed E-state index contributed by atoms with van der Waals surface area (Å²) in [6.07, 6.45) is 1.30. The van der Waals surface area contributed by atoms with Crippen molar-refractivity contribution in [2.75, 3.05) is 5.32 Å². The number of anilines is 1. The molecular weight excluding hydrogens is 256 g/mol. The first-order valence-electron chi connectivity index (χ1n) is 6.28. The van der Waals surface area contributed by atoms with E-state index in [1.807, 2.05) is 43.3 Å². The summed E-state index contributed by atoms with van der Waals surface area (Å²) in [6, 6.07) is 14.1. The third kappa shape index (κ3) is 3.76. The zero-order valence-corrected chi connectivity index (χ0v) is 11.6. The molecule has 4 heteroatoms. The number of carbonyl (C=O) groups excluding carboxylic acids is 1. The summed E-state index contributed by atoms with van der Waals surface area (Å²) in [5, 5.41) is 8.33. The van der Waals surface area contributed by atoms with Crippen molar-refractivity contribution in [1.29, 1.82) is 0 Å². The number of nitrogens with one attached hydrogen (secondary N) is 2. The molecule has 19 heavy (non-hydrogen) atoms. The number of hydrogen-bond donors (Lipinski definition) is 2. The van der Waals surface area contributed by atoms with Gasteiger partial charge in [0.2, 0.25) is 5.91 Å². The SMILES string of the molecule is CCCC(=O)NC(=S)Nc1ccc2ccccc2c1. The van der Waals surface area contributed by atoms with E-state index < -0.39 is 0 Å². The van der Waals surface area contributed by atoms with Crippen molar-refractivity contribution in [3.8, 4) is 0 Å². The molecule has 0 aromatic heterocycles. The molecule has 2 rings (SSSR count). The average molecular weight is 272 g/mol. The molecular formula is C15H16N2OS. The standard InChI is InChI=1S/C15H16N2OS/c1-2-5-14(18)17-15(19)16-13-9-8-11-6-3-4-7-12(11)10-13/h3-4,6-10H,2,5H2,1H3,(H2,16,17,18,19). The van der Waals surface area contributed by atoms with E-state index in [1.165, 1.54) is 5.39 Å². The van der Waals surface area contributed by atoms with E-state index in [4.69, 9.17) is 12.2 Å². The van der Waals surface area contributed by atoms with Crippen molar-refractivity contribution < 1.29 is 4.79 Å². The highest BCUT2D eigenvalue weighted by Gasteiger charge is 2.03. The van der Waals surface area contributed by atoms with Crippen LogP contribution in [0.3, 0.4) is 0 Å². The van der Waals surface area contributed by atoms with Crippen LogP contribution in [0.5, 0.6) is 0 Å². The summed E-state index contributed by atoms with van der Waals surface area (Å²) in [6.45, 7) is 1.96. The number of fused-ring (bicyclic) bond motifs is 1. The van der Waals surface area contributed by atoms with Crippen LogP contribution in [0, 0.1) is 0 Å². The Morgan fingerprint density at radius 3 is 2.63 bits per heavy atom. The normalized spacial score (nSPS) is 10.2. The molecule has 0 atom stereocenters. The minimum Gasteiger partial charge on any atom is -0.332 e. The van der Waals surface area contributed by atoms with Gasteiger partial charge in [-0.1, -0.05) is 37.3 Å². The molecule has 0 aliphatic heterocycles. The summed E-state index contributed by atoms with van der Waals surface area (Å²) in [7, 11) is 0. The Hall–Kier alpha value is -1.94. The van der Waals surface area contributed by atoms with Gasteiger partial charge in [0.15, 0.2) is 5.11 Å². The minimum atomic E-state index is -0.0548. The highest BCUT2D eigenvalue weighted by molar-refractivity contribution is 7.80. The maximum Gasteiger partial charge on any atom is 0.226 e. The number of carbonyl (C=O) groups is 1. The summed E-state index contributed by atoms with van der Waals surface area (Å²) in [4.78, 5) is 11.4. The zero-order valence-electron chi connectivity index (χ0n) is 10.8. The van der Waals surface area contributed by atoms with Crippen LogP contribution in [-0.4, -0.2) is 11.0 Å². The van der Waals surface area contributed by atoms with Crippen molar-refractivity contribution in [1.82, 2.24) is 5.32 Å². The third-order valence-corrected chi connectivity index (χ3v) is 2.94. The molecule has 0 saturated heterocycles. The van der Waals surface area contributed by atoms with Crippen molar-refractivity contribution in [3.63, 3.8) is 0 Å². The lowest BCUT2D eigenvalue weighted by atomic mass is 10.1. The second-order valence-electron chi connectivity index (χ2n) is 4.31. The number of amides is 1. The molecule has 0 saturated carbocycles. The zero-order chi connectivity index (χ0) is 13.7. The van der Waals surface area contributed by atoms with E-state index in [-0.39, 0.29) is 5.91 Å². The van der Waals surface area contributed by atoms with E-state index in [2.05, 4.69) is 16.7 Å². The lowest BCUT2D eigenvalue weighted by Crippen LogP contribution is -2.33. The Balaban J connectivity index is 2.04. The van der Waals surface area contributed by atoms with Crippen molar-refractivity contribution in [2.24, 2.45) is 0 Å². The molecule has 3 nitrogen and oxygen atoms in total. The summed E-state index contributed by atoms with van der Waals surface area (Å²) < 4.78 is 0. The van der Waals surface area contributed by atoms with Gasteiger partial charge in [0, 0.05) is 12.1 Å². The van der Waals surface area contributed by atoms with Crippen LogP contribution < -0.4 is 10.6 Å². The molecule has 2 aromatic rings. The van der Waals surface area contributed by atoms with Crippen LogP contribution in [0.4, 0.5) is 5.69 Å². The summed E-state index contributed by atoms with van der Waals surface area (Å²) in [5.74, 6) is -0.0548. The molecule has 2 aromatic carbocycles. The first kappa shape index (κ1) is 13.5. The van der Waals surface area contributed by atoms with Crippen molar-refractivity contribution in [3.05, 3.63) is 42.5 Å². The van der Waals surface area contributed by atoms with Crippen LogP contribution in [-0.2, 0) is 4.79 Å². The van der Waals surface area contributed by atoms with Gasteiger partial charge in [0.05, 0.1) is 0 Å². The summed E-state index contributed by atoms with van der Waals surface area (Å²) >= 11 is 5.11. The molecule has 0 spiro atoms. The second-order valence-corrected chi connectivity index (χ2v) is 4.72. The molecule has 2 N–H and O–H groups in total.